The molecule has 1 aromatic carbocycles. The number of carbonyl (C=O) groups excluding carboxylic acids is 1. The highest BCUT2D eigenvalue weighted by Gasteiger charge is 2.19. The SMILES string of the molecule is Cc1nc2c(Sc3cccc(Cl)c3)c(OC(N)=O)[nH]c2s1. The summed E-state index contributed by atoms with van der Waals surface area (Å²) in [6.07, 6.45) is -0.867. The Labute approximate surface area is 133 Å². The number of nitrogens with two attached hydrogens (primary N) is 1. The molecule has 3 aromatic rings. The number of rotatable bonds is 3. The molecule has 2 aromatic heterocycles. The first-order valence-corrected chi connectivity index (χ1v) is 7.94. The average molecular weight is 340 g/mol. The first-order chi connectivity index (χ1) is 10.0. The van der Waals surface area contributed by atoms with Crippen LogP contribution in [0.4, 0.5) is 4.79 Å². The first kappa shape index (κ1) is 14.2. The second-order valence-electron chi connectivity index (χ2n) is 4.17. The van der Waals surface area contributed by atoms with E-state index >= 15 is 0 Å². The summed E-state index contributed by atoms with van der Waals surface area (Å²) < 4.78 is 5.03. The number of hydrogen-bond donors (Lipinski definition) is 2. The second kappa shape index (κ2) is 5.59. The lowest BCUT2D eigenvalue weighted by molar-refractivity contribution is 0.208. The van der Waals surface area contributed by atoms with Gasteiger partial charge in [0.15, 0.2) is 0 Å². The van der Waals surface area contributed by atoms with Crippen molar-refractivity contribution in [3.63, 3.8) is 0 Å². The van der Waals surface area contributed by atoms with Crippen LogP contribution in [0.2, 0.25) is 5.02 Å². The van der Waals surface area contributed by atoms with Gasteiger partial charge in [0.2, 0.25) is 5.88 Å². The minimum atomic E-state index is -0.867. The van der Waals surface area contributed by atoms with Gasteiger partial charge in [-0.15, -0.1) is 11.3 Å². The molecule has 0 spiro atoms. The molecule has 2 heterocycles. The number of aryl methyl sites for hydroxylation is 1. The van der Waals surface area contributed by atoms with Gasteiger partial charge in [-0.2, -0.15) is 0 Å². The van der Waals surface area contributed by atoms with Crippen molar-refractivity contribution in [3.05, 3.63) is 34.3 Å². The predicted molar refractivity (Wildman–Crippen MR) is 84.5 cm³/mol. The lowest BCUT2D eigenvalue weighted by Gasteiger charge is -2.03. The number of hydrogen-bond acceptors (Lipinski definition) is 5. The van der Waals surface area contributed by atoms with E-state index in [1.807, 2.05) is 25.1 Å². The topological polar surface area (TPSA) is 81.0 Å². The van der Waals surface area contributed by atoms with E-state index in [1.54, 1.807) is 6.07 Å². The third-order valence-corrected chi connectivity index (χ3v) is 4.79. The number of nitrogens with one attached hydrogen (secondary N) is 1. The van der Waals surface area contributed by atoms with Crippen LogP contribution in [0.1, 0.15) is 5.01 Å². The zero-order chi connectivity index (χ0) is 15.0. The Morgan fingerprint density at radius 1 is 1.52 bits per heavy atom. The van der Waals surface area contributed by atoms with E-state index in [4.69, 9.17) is 22.1 Å². The maximum Gasteiger partial charge on any atom is 0.411 e. The number of halogens is 1. The van der Waals surface area contributed by atoms with Gasteiger partial charge in [-0.3, -0.25) is 0 Å². The van der Waals surface area contributed by atoms with Crippen molar-refractivity contribution >= 4 is 51.1 Å². The van der Waals surface area contributed by atoms with Crippen LogP contribution in [0.15, 0.2) is 34.1 Å². The third kappa shape index (κ3) is 2.99. The number of amides is 1. The van der Waals surface area contributed by atoms with Crippen molar-refractivity contribution in [2.24, 2.45) is 5.73 Å². The Kier molecular flexibility index (Phi) is 3.79. The monoisotopic (exact) mass is 339 g/mol. The van der Waals surface area contributed by atoms with Crippen LogP contribution >= 0.6 is 34.7 Å². The molecule has 0 bridgehead atoms. The summed E-state index contributed by atoms with van der Waals surface area (Å²) in [5.41, 5.74) is 5.87. The predicted octanol–water partition coefficient (Wildman–Crippen LogP) is 4.19. The first-order valence-electron chi connectivity index (χ1n) is 5.93. The fraction of sp³-hybridized carbons (Fsp3) is 0.0769. The lowest BCUT2D eigenvalue weighted by Crippen LogP contribution is -2.16. The highest BCUT2D eigenvalue weighted by molar-refractivity contribution is 7.99. The van der Waals surface area contributed by atoms with Gasteiger partial charge in [-0.25, -0.2) is 9.78 Å². The average Bonchev–Trinajstić information content (AvgIpc) is 2.87. The zero-order valence-corrected chi connectivity index (χ0v) is 13.2. The molecule has 0 aliphatic rings. The normalized spacial score (nSPS) is 11.0. The van der Waals surface area contributed by atoms with Gasteiger partial charge >= 0.3 is 6.09 Å². The van der Waals surface area contributed by atoms with Gasteiger partial charge in [-0.05, 0) is 25.1 Å². The molecule has 3 rings (SSSR count). The minimum Gasteiger partial charge on any atom is -0.392 e. The number of carbonyl (C=O) groups is 1. The van der Waals surface area contributed by atoms with Crippen LogP contribution in [-0.4, -0.2) is 16.1 Å². The van der Waals surface area contributed by atoms with Crippen molar-refractivity contribution in [3.8, 4) is 5.88 Å². The number of fused-ring (bicyclic) bond motifs is 1. The molecule has 3 N–H and O–H groups in total. The number of benzene rings is 1. The van der Waals surface area contributed by atoms with Crippen molar-refractivity contribution in [1.82, 2.24) is 9.97 Å². The molecule has 0 fully saturated rings. The number of nitrogens with zero attached hydrogens (tertiary/aromatic N) is 1. The van der Waals surface area contributed by atoms with E-state index in [9.17, 15) is 4.79 Å². The van der Waals surface area contributed by atoms with Crippen LogP contribution in [0.25, 0.3) is 10.3 Å². The van der Waals surface area contributed by atoms with Gasteiger partial charge in [0.05, 0.1) is 5.01 Å². The number of primary amides is 1. The minimum absolute atomic E-state index is 0.307. The highest BCUT2D eigenvalue weighted by atomic mass is 35.5. The van der Waals surface area contributed by atoms with Crippen molar-refractivity contribution in [1.29, 1.82) is 0 Å². The summed E-state index contributed by atoms with van der Waals surface area (Å²) in [5.74, 6) is 0.307. The molecule has 1 amide bonds. The summed E-state index contributed by atoms with van der Waals surface area (Å²) in [6, 6.07) is 7.41. The molecular formula is C13H10ClN3O2S2. The largest absolute Gasteiger partial charge is 0.411 e. The number of ether oxygens (including phenoxy) is 1. The molecule has 0 saturated heterocycles. The summed E-state index contributed by atoms with van der Waals surface area (Å²) in [5, 5.41) is 1.56. The molecular weight excluding hydrogens is 330 g/mol. The van der Waals surface area contributed by atoms with E-state index in [-0.39, 0.29) is 0 Å². The second-order valence-corrected chi connectivity index (χ2v) is 6.90. The summed E-state index contributed by atoms with van der Waals surface area (Å²) in [6.45, 7) is 1.92. The Balaban J connectivity index is 2.07. The molecule has 0 aliphatic heterocycles. The number of aromatic amines is 1. The quantitative estimate of drug-likeness (QED) is 0.749. The summed E-state index contributed by atoms with van der Waals surface area (Å²) in [4.78, 5) is 21.0. The Morgan fingerprint density at radius 2 is 2.33 bits per heavy atom. The fourth-order valence-electron chi connectivity index (χ4n) is 1.85. The molecule has 0 saturated carbocycles. The molecule has 0 aliphatic carbocycles. The number of thiazole rings is 1. The van der Waals surface area contributed by atoms with E-state index in [1.165, 1.54) is 23.1 Å². The third-order valence-electron chi connectivity index (χ3n) is 2.60. The van der Waals surface area contributed by atoms with Crippen LogP contribution < -0.4 is 10.5 Å². The maximum absolute atomic E-state index is 11.0. The van der Waals surface area contributed by atoms with Gasteiger partial charge in [0, 0.05) is 9.92 Å². The molecule has 0 radical (unpaired) electrons. The molecule has 108 valence electrons. The maximum atomic E-state index is 11.0. The van der Waals surface area contributed by atoms with Crippen molar-refractivity contribution in [2.45, 2.75) is 16.7 Å². The van der Waals surface area contributed by atoms with E-state index in [0.29, 0.717) is 10.9 Å². The lowest BCUT2D eigenvalue weighted by atomic mass is 10.4. The highest BCUT2D eigenvalue weighted by Crippen LogP contribution is 2.42. The van der Waals surface area contributed by atoms with Gasteiger partial charge in [0.25, 0.3) is 0 Å². The van der Waals surface area contributed by atoms with E-state index < -0.39 is 6.09 Å². The van der Waals surface area contributed by atoms with Gasteiger partial charge < -0.3 is 15.5 Å². The van der Waals surface area contributed by atoms with Crippen molar-refractivity contribution in [2.75, 3.05) is 0 Å². The Bertz CT molecular complexity index is 828. The standard InChI is InChI=1S/C13H10ClN3O2S2/c1-6-16-9-10(21-8-4-2-3-7(14)5-8)11(19-13(15)18)17-12(9)20-6/h2-5,17H,1H3,(H2,15,18). The summed E-state index contributed by atoms with van der Waals surface area (Å²) >= 11 is 8.90. The number of H-pyrrole nitrogens is 1. The van der Waals surface area contributed by atoms with Gasteiger partial charge in [-0.1, -0.05) is 29.4 Å². The van der Waals surface area contributed by atoms with Crippen LogP contribution in [0, 0.1) is 6.92 Å². The van der Waals surface area contributed by atoms with Crippen molar-refractivity contribution < 1.29 is 9.53 Å². The molecule has 0 atom stereocenters. The van der Waals surface area contributed by atoms with E-state index in [2.05, 4.69) is 9.97 Å². The fourth-order valence-corrected chi connectivity index (χ4v) is 3.99. The van der Waals surface area contributed by atoms with Crippen LogP contribution in [0.3, 0.4) is 0 Å². The summed E-state index contributed by atoms with van der Waals surface area (Å²) in [7, 11) is 0. The molecule has 21 heavy (non-hydrogen) atoms. The smallest absolute Gasteiger partial charge is 0.392 e. The Hall–Kier alpha value is -1.70. The zero-order valence-electron chi connectivity index (χ0n) is 10.8. The van der Waals surface area contributed by atoms with Crippen LogP contribution in [-0.2, 0) is 0 Å². The molecule has 8 heteroatoms. The Morgan fingerprint density at radius 3 is 3.05 bits per heavy atom. The molecule has 0 unspecified atom stereocenters. The van der Waals surface area contributed by atoms with Crippen LogP contribution in [0.5, 0.6) is 5.88 Å². The number of aromatic nitrogens is 2. The molecule has 5 nitrogen and oxygen atoms in total. The van der Waals surface area contributed by atoms with E-state index in [0.717, 1.165) is 25.1 Å². The van der Waals surface area contributed by atoms with Gasteiger partial charge in [0.1, 0.15) is 15.2 Å².